The number of piperazine rings is 1. The number of amidine groups is 1. The molecule has 0 spiro atoms. The van der Waals surface area contributed by atoms with Crippen molar-refractivity contribution in [3.8, 4) is 0 Å². The van der Waals surface area contributed by atoms with Crippen LogP contribution in [0.3, 0.4) is 0 Å². The van der Waals surface area contributed by atoms with Crippen LogP contribution in [0.4, 0.5) is 16.4 Å². The van der Waals surface area contributed by atoms with Crippen LogP contribution in [0.2, 0.25) is 5.02 Å². The molecule has 0 aliphatic carbocycles. The van der Waals surface area contributed by atoms with Gasteiger partial charge in [-0.1, -0.05) is 35.9 Å². The van der Waals surface area contributed by atoms with E-state index >= 15 is 0 Å². The van der Waals surface area contributed by atoms with Gasteiger partial charge >= 0.3 is 0 Å². The van der Waals surface area contributed by atoms with Crippen molar-refractivity contribution in [1.29, 1.82) is 0 Å². The molecule has 6 heteroatoms. The van der Waals surface area contributed by atoms with Gasteiger partial charge in [-0.05, 0) is 55.7 Å². The van der Waals surface area contributed by atoms with E-state index in [1.54, 1.807) is 11.3 Å². The van der Waals surface area contributed by atoms with Crippen LogP contribution in [0.5, 0.6) is 0 Å². The number of anilines is 2. The third kappa shape index (κ3) is 4.10. The minimum Gasteiger partial charge on any atom is -0.353 e. The zero-order valence-electron chi connectivity index (χ0n) is 17.0. The number of thiophene rings is 1. The maximum absolute atomic E-state index is 6.02. The molecule has 0 bridgehead atoms. The van der Waals surface area contributed by atoms with E-state index in [2.05, 4.69) is 64.9 Å². The first-order valence-corrected chi connectivity index (χ1v) is 11.6. The van der Waals surface area contributed by atoms with Crippen molar-refractivity contribution in [1.82, 2.24) is 10.2 Å². The Labute approximate surface area is 186 Å². The molecular weight excluding hydrogens is 412 g/mol. The molecule has 3 aromatic rings. The van der Waals surface area contributed by atoms with Gasteiger partial charge in [-0.25, -0.2) is 4.99 Å². The Balaban J connectivity index is 1.38. The number of hydrogen-bond acceptors (Lipinski definition) is 5. The van der Waals surface area contributed by atoms with Crippen LogP contribution >= 0.6 is 22.9 Å². The molecule has 5 rings (SSSR count). The van der Waals surface area contributed by atoms with E-state index in [1.807, 2.05) is 12.1 Å². The van der Waals surface area contributed by atoms with Crippen LogP contribution in [-0.2, 0) is 6.42 Å². The quantitative estimate of drug-likeness (QED) is 0.549. The van der Waals surface area contributed by atoms with Crippen molar-refractivity contribution in [2.75, 3.05) is 25.0 Å². The maximum atomic E-state index is 6.02. The normalized spacial score (nSPS) is 18.1. The van der Waals surface area contributed by atoms with Gasteiger partial charge in [0, 0.05) is 35.6 Å². The summed E-state index contributed by atoms with van der Waals surface area (Å²) in [5.74, 6) is 1.09. The number of aliphatic imine (C=N–C) groups is 1. The predicted molar refractivity (Wildman–Crippen MR) is 128 cm³/mol. The minimum atomic E-state index is 0.437. The molecule has 0 radical (unpaired) electrons. The molecular formula is C24H25ClN4S. The number of hydrogen-bond donors (Lipinski definition) is 2. The monoisotopic (exact) mass is 436 g/mol. The summed E-state index contributed by atoms with van der Waals surface area (Å²) in [6.07, 6.45) is 2.14. The van der Waals surface area contributed by atoms with Crippen LogP contribution in [0, 0.1) is 6.92 Å². The molecule has 4 nitrogen and oxygen atoms in total. The van der Waals surface area contributed by atoms with Gasteiger partial charge in [0.25, 0.3) is 0 Å². The smallest absolute Gasteiger partial charge is 0.139 e. The van der Waals surface area contributed by atoms with Gasteiger partial charge in [0.2, 0.25) is 0 Å². The summed E-state index contributed by atoms with van der Waals surface area (Å²) in [4.78, 5) is 8.88. The number of nitrogens with zero attached hydrogens (tertiary/aromatic N) is 2. The van der Waals surface area contributed by atoms with Crippen LogP contribution in [0.25, 0.3) is 0 Å². The molecule has 3 heterocycles. The zero-order chi connectivity index (χ0) is 20.5. The molecule has 2 aliphatic heterocycles. The summed E-state index contributed by atoms with van der Waals surface area (Å²) in [5.41, 5.74) is 4.63. The Morgan fingerprint density at radius 1 is 1.17 bits per heavy atom. The second-order valence-corrected chi connectivity index (χ2v) is 9.63. The van der Waals surface area contributed by atoms with E-state index in [0.717, 1.165) is 54.7 Å². The molecule has 1 aromatic heterocycles. The highest BCUT2D eigenvalue weighted by Gasteiger charge is 2.27. The van der Waals surface area contributed by atoms with E-state index < -0.39 is 0 Å². The van der Waals surface area contributed by atoms with Crippen LogP contribution < -0.4 is 10.6 Å². The number of fused-ring (bicyclic) bond motifs is 2. The number of aryl methyl sites for hydroxylation is 2. The first-order chi connectivity index (χ1) is 14.7. The zero-order valence-corrected chi connectivity index (χ0v) is 18.6. The summed E-state index contributed by atoms with van der Waals surface area (Å²) < 4.78 is 0. The summed E-state index contributed by atoms with van der Waals surface area (Å²) in [5, 5.41) is 9.29. The molecule has 0 unspecified atom stereocenters. The summed E-state index contributed by atoms with van der Waals surface area (Å²) >= 11 is 7.82. The SMILES string of the molecule is Cc1cc2c(s1)Nc1ccccc1N=C2N1CCN[C@@H](CCc2ccc(Cl)cc2)C1. The fourth-order valence-corrected chi connectivity index (χ4v) is 5.24. The second-order valence-electron chi connectivity index (χ2n) is 7.94. The molecule has 154 valence electrons. The molecule has 1 atom stereocenters. The lowest BCUT2D eigenvalue weighted by atomic mass is 10.0. The molecule has 2 N–H and O–H groups in total. The molecule has 2 aromatic carbocycles. The lowest BCUT2D eigenvalue weighted by molar-refractivity contribution is 0.282. The number of para-hydroxylation sites is 2. The molecule has 2 aliphatic rings. The first-order valence-electron chi connectivity index (χ1n) is 10.4. The van der Waals surface area contributed by atoms with E-state index in [-0.39, 0.29) is 0 Å². The van der Waals surface area contributed by atoms with Crippen molar-refractivity contribution in [2.45, 2.75) is 25.8 Å². The van der Waals surface area contributed by atoms with Gasteiger partial charge < -0.3 is 15.5 Å². The van der Waals surface area contributed by atoms with Gasteiger partial charge in [0.1, 0.15) is 10.8 Å². The van der Waals surface area contributed by atoms with Gasteiger partial charge in [-0.15, -0.1) is 11.3 Å². The van der Waals surface area contributed by atoms with Gasteiger partial charge in [-0.3, -0.25) is 0 Å². The van der Waals surface area contributed by atoms with E-state index in [9.17, 15) is 0 Å². The third-order valence-electron chi connectivity index (χ3n) is 5.72. The fraction of sp³-hybridized carbons (Fsp3) is 0.292. The highest BCUT2D eigenvalue weighted by molar-refractivity contribution is 7.16. The molecule has 0 amide bonds. The van der Waals surface area contributed by atoms with Crippen molar-refractivity contribution >= 4 is 45.1 Å². The Kier molecular flexibility index (Phi) is 5.50. The van der Waals surface area contributed by atoms with Gasteiger partial charge in [-0.2, -0.15) is 0 Å². The predicted octanol–water partition coefficient (Wildman–Crippen LogP) is 5.75. The molecule has 1 saturated heterocycles. The highest BCUT2D eigenvalue weighted by Crippen LogP contribution is 2.39. The molecule has 30 heavy (non-hydrogen) atoms. The number of rotatable bonds is 3. The average Bonchev–Trinajstić information content (AvgIpc) is 3.05. The molecule has 1 fully saturated rings. The van der Waals surface area contributed by atoms with Gasteiger partial charge in [0.05, 0.1) is 16.9 Å². The lowest BCUT2D eigenvalue weighted by Gasteiger charge is -2.36. The van der Waals surface area contributed by atoms with Crippen molar-refractivity contribution in [2.24, 2.45) is 4.99 Å². The van der Waals surface area contributed by atoms with Crippen LogP contribution in [0.15, 0.2) is 59.6 Å². The number of halogens is 1. The Bertz CT molecular complexity index is 1070. The van der Waals surface area contributed by atoms with Crippen molar-refractivity contribution in [3.63, 3.8) is 0 Å². The second kappa shape index (κ2) is 8.42. The highest BCUT2D eigenvalue weighted by atomic mass is 35.5. The van der Waals surface area contributed by atoms with Gasteiger partial charge in [0.15, 0.2) is 0 Å². The molecule has 0 saturated carbocycles. The standard InChI is InChI=1S/C24H25ClN4S/c1-16-14-20-23(27-21-4-2-3-5-22(21)28-24(20)30-16)29-13-12-26-19(15-29)11-8-17-6-9-18(25)10-7-17/h2-7,9-10,14,19,26,28H,8,11-13,15H2,1H3/t19-/m0/s1. The maximum Gasteiger partial charge on any atom is 0.139 e. The van der Waals surface area contributed by atoms with E-state index in [1.165, 1.54) is 21.0 Å². The summed E-state index contributed by atoms with van der Waals surface area (Å²) in [7, 11) is 0. The van der Waals surface area contributed by atoms with Crippen molar-refractivity contribution < 1.29 is 0 Å². The van der Waals surface area contributed by atoms with Crippen LogP contribution in [0.1, 0.15) is 22.4 Å². The van der Waals surface area contributed by atoms with E-state index in [0.29, 0.717) is 6.04 Å². The van der Waals surface area contributed by atoms with Crippen LogP contribution in [-0.4, -0.2) is 36.4 Å². The topological polar surface area (TPSA) is 39.7 Å². The lowest BCUT2D eigenvalue weighted by Crippen LogP contribution is -2.52. The summed E-state index contributed by atoms with van der Waals surface area (Å²) in [6, 6.07) is 19.2. The Hall–Kier alpha value is -2.34. The van der Waals surface area contributed by atoms with Crippen molar-refractivity contribution in [3.05, 3.63) is 75.6 Å². The summed E-state index contributed by atoms with van der Waals surface area (Å²) in [6.45, 7) is 5.06. The van der Waals surface area contributed by atoms with E-state index in [4.69, 9.17) is 16.6 Å². The minimum absolute atomic E-state index is 0.437. The largest absolute Gasteiger partial charge is 0.353 e. The first kappa shape index (κ1) is 19.6. The average molecular weight is 437 g/mol. The fourth-order valence-electron chi connectivity index (χ4n) is 4.19. The number of nitrogens with one attached hydrogen (secondary N) is 2. The third-order valence-corrected chi connectivity index (χ3v) is 6.94. The Morgan fingerprint density at radius 2 is 2.00 bits per heavy atom. The number of benzene rings is 2. The Morgan fingerprint density at radius 3 is 2.87 bits per heavy atom.